The van der Waals surface area contributed by atoms with Crippen molar-refractivity contribution in [3.8, 4) is 0 Å². The van der Waals surface area contributed by atoms with Crippen LogP contribution in [0, 0.1) is 5.92 Å². The highest BCUT2D eigenvalue weighted by Gasteiger charge is 2.34. The van der Waals surface area contributed by atoms with E-state index in [2.05, 4.69) is 5.32 Å². The molecule has 1 fully saturated rings. The fraction of sp³-hybridized carbons (Fsp3) is 0.538. The Morgan fingerprint density at radius 3 is 2.94 bits per heavy atom. The molecule has 0 amide bonds. The Kier molecular flexibility index (Phi) is 2.28. The summed E-state index contributed by atoms with van der Waals surface area (Å²) < 4.78 is 0. The van der Waals surface area contributed by atoms with E-state index in [1.54, 1.807) is 6.08 Å². The van der Waals surface area contributed by atoms with Gasteiger partial charge in [-0.05, 0) is 49.5 Å². The number of fused-ring (bicyclic) bond motifs is 2. The summed E-state index contributed by atoms with van der Waals surface area (Å²) in [7, 11) is 0. The number of piperidine rings is 1. The number of rotatable bonds is 0. The van der Waals surface area contributed by atoms with Crippen molar-refractivity contribution in [3.63, 3.8) is 0 Å². The Morgan fingerprint density at radius 1 is 1.19 bits per heavy atom. The maximum Gasteiger partial charge on any atom is 0.153 e. The lowest BCUT2D eigenvalue weighted by molar-refractivity contribution is 0.271. The highest BCUT2D eigenvalue weighted by molar-refractivity contribution is 5.44. The van der Waals surface area contributed by atoms with Gasteiger partial charge in [0.1, 0.15) is 5.76 Å². The van der Waals surface area contributed by atoms with E-state index >= 15 is 0 Å². The number of hydrogen-bond donors (Lipinski definition) is 3. The minimum absolute atomic E-state index is 0.0381. The van der Waals surface area contributed by atoms with Crippen molar-refractivity contribution in [3.05, 3.63) is 34.8 Å². The van der Waals surface area contributed by atoms with E-state index in [9.17, 15) is 10.2 Å². The number of hydrogen-bond acceptors (Lipinski definition) is 3. The zero-order valence-electron chi connectivity index (χ0n) is 9.24. The molecule has 1 saturated heterocycles. The summed E-state index contributed by atoms with van der Waals surface area (Å²) in [4.78, 5) is 0. The van der Waals surface area contributed by atoms with Crippen LogP contribution in [-0.2, 0) is 0 Å². The molecular formula is C13H17NO2. The third-order valence-electron chi connectivity index (χ3n) is 3.94. The largest absolute Gasteiger partial charge is 0.508 e. The third-order valence-corrected chi connectivity index (χ3v) is 3.94. The summed E-state index contributed by atoms with van der Waals surface area (Å²) in [6.07, 6.45) is 7.89. The minimum Gasteiger partial charge on any atom is -0.508 e. The van der Waals surface area contributed by atoms with Crippen molar-refractivity contribution in [1.29, 1.82) is 0 Å². The minimum atomic E-state index is 0.0381. The summed E-state index contributed by atoms with van der Waals surface area (Å²) in [6.45, 7) is 1.10. The van der Waals surface area contributed by atoms with E-state index in [1.165, 1.54) is 17.6 Å². The molecule has 86 valence electrons. The van der Waals surface area contributed by atoms with Gasteiger partial charge < -0.3 is 15.5 Å². The van der Waals surface area contributed by atoms with Gasteiger partial charge in [0.05, 0.1) is 0 Å². The molecule has 1 heterocycles. The first kappa shape index (κ1) is 9.97. The van der Waals surface area contributed by atoms with E-state index < -0.39 is 0 Å². The van der Waals surface area contributed by atoms with Gasteiger partial charge >= 0.3 is 0 Å². The summed E-state index contributed by atoms with van der Waals surface area (Å²) in [5.41, 5.74) is 2.68. The average Bonchev–Trinajstić information content (AvgIpc) is 2.33. The van der Waals surface area contributed by atoms with Gasteiger partial charge in [0.2, 0.25) is 0 Å². The number of aliphatic hydroxyl groups is 2. The molecular weight excluding hydrogens is 202 g/mol. The molecule has 0 aromatic carbocycles. The van der Waals surface area contributed by atoms with Gasteiger partial charge in [-0.1, -0.05) is 6.08 Å². The molecule has 3 N–H and O–H groups in total. The van der Waals surface area contributed by atoms with Gasteiger partial charge in [0.15, 0.2) is 5.76 Å². The van der Waals surface area contributed by atoms with Crippen LogP contribution in [0.15, 0.2) is 34.8 Å². The highest BCUT2D eigenvalue weighted by atomic mass is 16.3. The van der Waals surface area contributed by atoms with E-state index in [4.69, 9.17) is 0 Å². The monoisotopic (exact) mass is 219 g/mol. The summed E-state index contributed by atoms with van der Waals surface area (Å²) in [5, 5.41) is 22.9. The van der Waals surface area contributed by atoms with E-state index in [1.807, 2.05) is 6.08 Å². The molecule has 0 bridgehead atoms. The van der Waals surface area contributed by atoms with Gasteiger partial charge in [-0.3, -0.25) is 0 Å². The van der Waals surface area contributed by atoms with Crippen molar-refractivity contribution < 1.29 is 10.2 Å². The third kappa shape index (κ3) is 1.39. The Hall–Kier alpha value is -1.22. The van der Waals surface area contributed by atoms with Crippen LogP contribution >= 0.6 is 0 Å². The Labute approximate surface area is 95.2 Å². The van der Waals surface area contributed by atoms with Crippen LogP contribution in [0.1, 0.15) is 25.7 Å². The molecule has 3 aliphatic rings. The second kappa shape index (κ2) is 3.67. The first-order valence-electron chi connectivity index (χ1n) is 6.04. The Balaban J connectivity index is 2.03. The van der Waals surface area contributed by atoms with Crippen LogP contribution in [0.5, 0.6) is 0 Å². The van der Waals surface area contributed by atoms with Gasteiger partial charge in [-0.2, -0.15) is 0 Å². The second-order valence-electron chi connectivity index (χ2n) is 4.82. The zero-order chi connectivity index (χ0) is 11.1. The fourth-order valence-corrected chi connectivity index (χ4v) is 3.13. The molecule has 2 atom stereocenters. The first-order chi connectivity index (χ1) is 7.77. The molecule has 1 aliphatic heterocycles. The van der Waals surface area contributed by atoms with Crippen LogP contribution in [0.25, 0.3) is 0 Å². The normalized spacial score (nSPS) is 33.8. The SMILES string of the molecule is OC1=C(O)C2CCC3NCCCC3=C2C=C1. The lowest BCUT2D eigenvalue weighted by Gasteiger charge is -2.37. The van der Waals surface area contributed by atoms with Crippen molar-refractivity contribution in [1.82, 2.24) is 5.32 Å². The predicted octanol–water partition coefficient (Wildman–Crippen LogP) is 2.34. The van der Waals surface area contributed by atoms with Crippen molar-refractivity contribution in [2.75, 3.05) is 6.54 Å². The molecule has 0 aromatic rings. The molecule has 3 rings (SSSR count). The number of nitrogens with one attached hydrogen (secondary N) is 1. The van der Waals surface area contributed by atoms with Crippen molar-refractivity contribution in [2.45, 2.75) is 31.7 Å². The molecule has 2 unspecified atom stereocenters. The Morgan fingerprint density at radius 2 is 2.06 bits per heavy atom. The second-order valence-corrected chi connectivity index (χ2v) is 4.82. The predicted molar refractivity (Wildman–Crippen MR) is 62.2 cm³/mol. The van der Waals surface area contributed by atoms with Crippen LogP contribution < -0.4 is 5.32 Å². The molecule has 16 heavy (non-hydrogen) atoms. The molecule has 2 aliphatic carbocycles. The molecule has 3 heteroatoms. The average molecular weight is 219 g/mol. The first-order valence-corrected chi connectivity index (χ1v) is 6.04. The summed E-state index contributed by atoms with van der Waals surface area (Å²) in [6, 6.07) is 0.498. The Bertz CT molecular complexity index is 406. The quantitative estimate of drug-likeness (QED) is 0.586. The molecule has 0 spiro atoms. The number of aliphatic hydroxyl groups excluding tert-OH is 2. The maximum atomic E-state index is 9.89. The van der Waals surface area contributed by atoms with Gasteiger partial charge in [-0.15, -0.1) is 0 Å². The van der Waals surface area contributed by atoms with Gasteiger partial charge in [-0.25, -0.2) is 0 Å². The van der Waals surface area contributed by atoms with E-state index in [-0.39, 0.29) is 17.4 Å². The van der Waals surface area contributed by atoms with E-state index in [0.717, 1.165) is 25.8 Å². The van der Waals surface area contributed by atoms with Gasteiger partial charge in [0, 0.05) is 12.0 Å². The number of allylic oxidation sites excluding steroid dienone is 3. The topological polar surface area (TPSA) is 52.5 Å². The lowest BCUT2D eigenvalue weighted by atomic mass is 9.74. The van der Waals surface area contributed by atoms with E-state index in [0.29, 0.717) is 6.04 Å². The van der Waals surface area contributed by atoms with Crippen LogP contribution in [0.3, 0.4) is 0 Å². The van der Waals surface area contributed by atoms with Gasteiger partial charge in [0.25, 0.3) is 0 Å². The maximum absolute atomic E-state index is 9.89. The van der Waals surface area contributed by atoms with Crippen molar-refractivity contribution >= 4 is 0 Å². The van der Waals surface area contributed by atoms with Crippen LogP contribution in [0.4, 0.5) is 0 Å². The summed E-state index contributed by atoms with van der Waals surface area (Å²) in [5.74, 6) is 0.238. The summed E-state index contributed by atoms with van der Waals surface area (Å²) >= 11 is 0. The molecule has 0 aromatic heterocycles. The highest BCUT2D eigenvalue weighted by Crippen LogP contribution is 2.40. The molecule has 3 nitrogen and oxygen atoms in total. The van der Waals surface area contributed by atoms with Crippen LogP contribution in [0.2, 0.25) is 0 Å². The smallest absolute Gasteiger partial charge is 0.153 e. The lowest BCUT2D eigenvalue weighted by Crippen LogP contribution is -2.40. The zero-order valence-corrected chi connectivity index (χ0v) is 9.24. The molecule has 0 radical (unpaired) electrons. The van der Waals surface area contributed by atoms with Crippen LogP contribution in [-0.4, -0.2) is 22.8 Å². The van der Waals surface area contributed by atoms with Crippen molar-refractivity contribution in [2.24, 2.45) is 5.92 Å². The standard InChI is InChI=1S/C13H17NO2/c15-12-6-4-8-9-2-1-7-14-11(9)5-3-10(8)13(12)16/h4,6,10-11,14-16H,1-3,5,7H2. The fourth-order valence-electron chi connectivity index (χ4n) is 3.13. The molecule has 0 saturated carbocycles.